The molecule has 0 aliphatic carbocycles. The van der Waals surface area contributed by atoms with E-state index in [9.17, 15) is 9.90 Å². The second-order valence-electron chi connectivity index (χ2n) is 5.24. The van der Waals surface area contributed by atoms with E-state index in [-0.39, 0.29) is 11.4 Å². The van der Waals surface area contributed by atoms with E-state index >= 15 is 0 Å². The highest BCUT2D eigenvalue weighted by molar-refractivity contribution is 5.83. The SMILES string of the molecule is COc1cccc2c(=O)[nH]c(C(O)CN3CCOCC3)nc12. The van der Waals surface area contributed by atoms with Crippen LogP contribution in [0.5, 0.6) is 5.75 Å². The summed E-state index contributed by atoms with van der Waals surface area (Å²) in [5, 5.41) is 10.8. The number of benzene rings is 1. The largest absolute Gasteiger partial charge is 0.494 e. The minimum Gasteiger partial charge on any atom is -0.494 e. The van der Waals surface area contributed by atoms with Gasteiger partial charge in [0, 0.05) is 19.6 Å². The number of aromatic nitrogens is 2. The monoisotopic (exact) mass is 305 g/mol. The van der Waals surface area contributed by atoms with Gasteiger partial charge in [-0.15, -0.1) is 0 Å². The average molecular weight is 305 g/mol. The molecule has 0 bridgehead atoms. The van der Waals surface area contributed by atoms with E-state index in [0.717, 1.165) is 13.1 Å². The molecule has 118 valence electrons. The van der Waals surface area contributed by atoms with Crippen LogP contribution >= 0.6 is 0 Å². The Bertz CT molecular complexity index is 709. The van der Waals surface area contributed by atoms with Gasteiger partial charge in [0.05, 0.1) is 25.7 Å². The van der Waals surface area contributed by atoms with Crippen molar-refractivity contribution in [1.29, 1.82) is 0 Å². The minimum absolute atomic E-state index is 0.258. The first-order valence-corrected chi connectivity index (χ1v) is 7.24. The lowest BCUT2D eigenvalue weighted by molar-refractivity contribution is 0.0127. The van der Waals surface area contributed by atoms with E-state index in [0.29, 0.717) is 36.4 Å². The second kappa shape index (κ2) is 6.43. The van der Waals surface area contributed by atoms with Crippen LogP contribution in [0.15, 0.2) is 23.0 Å². The number of hydrogen-bond acceptors (Lipinski definition) is 6. The third-order valence-corrected chi connectivity index (χ3v) is 3.79. The van der Waals surface area contributed by atoms with E-state index in [4.69, 9.17) is 9.47 Å². The van der Waals surface area contributed by atoms with Crippen LogP contribution in [0.25, 0.3) is 10.9 Å². The first kappa shape index (κ1) is 15.0. The molecular weight excluding hydrogens is 286 g/mol. The Morgan fingerprint density at radius 1 is 1.45 bits per heavy atom. The lowest BCUT2D eigenvalue weighted by Crippen LogP contribution is -2.39. The number of β-amino-alcohol motifs (C(OH)–C–C–N with tert-alkyl or cyclic N) is 1. The number of nitrogens with one attached hydrogen (secondary N) is 1. The Hall–Kier alpha value is -1.96. The van der Waals surface area contributed by atoms with Crippen molar-refractivity contribution >= 4 is 10.9 Å². The lowest BCUT2D eigenvalue weighted by Gasteiger charge is -2.28. The normalized spacial score (nSPS) is 17.5. The molecule has 1 aliphatic heterocycles. The van der Waals surface area contributed by atoms with Crippen molar-refractivity contribution in [1.82, 2.24) is 14.9 Å². The van der Waals surface area contributed by atoms with Crippen molar-refractivity contribution < 1.29 is 14.6 Å². The minimum atomic E-state index is -0.861. The molecule has 2 aromatic rings. The molecule has 1 fully saturated rings. The van der Waals surface area contributed by atoms with Gasteiger partial charge in [-0.2, -0.15) is 0 Å². The van der Waals surface area contributed by atoms with Gasteiger partial charge in [-0.05, 0) is 12.1 Å². The molecule has 7 heteroatoms. The van der Waals surface area contributed by atoms with Crippen LogP contribution < -0.4 is 10.3 Å². The van der Waals surface area contributed by atoms with Crippen LogP contribution in [0.4, 0.5) is 0 Å². The van der Waals surface area contributed by atoms with E-state index in [1.165, 1.54) is 7.11 Å². The number of morpholine rings is 1. The number of aliphatic hydroxyl groups is 1. The number of para-hydroxylation sites is 1. The Morgan fingerprint density at radius 2 is 2.23 bits per heavy atom. The zero-order valence-corrected chi connectivity index (χ0v) is 12.4. The molecule has 2 N–H and O–H groups in total. The van der Waals surface area contributed by atoms with Gasteiger partial charge in [-0.1, -0.05) is 6.07 Å². The fourth-order valence-corrected chi connectivity index (χ4v) is 2.59. The fourth-order valence-electron chi connectivity index (χ4n) is 2.59. The van der Waals surface area contributed by atoms with Gasteiger partial charge in [-0.25, -0.2) is 4.98 Å². The summed E-state index contributed by atoms with van der Waals surface area (Å²) in [6.07, 6.45) is -0.861. The number of nitrogens with zero attached hydrogens (tertiary/aromatic N) is 2. The molecule has 22 heavy (non-hydrogen) atoms. The summed E-state index contributed by atoms with van der Waals surface area (Å²) >= 11 is 0. The molecule has 1 aromatic heterocycles. The number of fused-ring (bicyclic) bond motifs is 1. The molecule has 1 aromatic carbocycles. The maximum absolute atomic E-state index is 12.2. The van der Waals surface area contributed by atoms with Gasteiger partial charge < -0.3 is 19.6 Å². The van der Waals surface area contributed by atoms with E-state index in [1.807, 2.05) is 0 Å². The molecule has 7 nitrogen and oxygen atoms in total. The number of methoxy groups -OCH3 is 1. The third kappa shape index (κ3) is 2.96. The summed E-state index contributed by atoms with van der Waals surface area (Å²) in [5.41, 5.74) is 0.185. The Kier molecular flexibility index (Phi) is 4.37. The van der Waals surface area contributed by atoms with Crippen molar-refractivity contribution in [3.63, 3.8) is 0 Å². The molecule has 0 saturated carbocycles. The maximum Gasteiger partial charge on any atom is 0.258 e. The highest BCUT2D eigenvalue weighted by atomic mass is 16.5. The predicted octanol–water partition coefficient (Wildman–Crippen LogP) is 0.297. The summed E-state index contributed by atoms with van der Waals surface area (Å²) in [6.45, 7) is 3.24. The van der Waals surface area contributed by atoms with Gasteiger partial charge >= 0.3 is 0 Å². The summed E-state index contributed by atoms with van der Waals surface area (Å²) in [6, 6.07) is 5.16. The lowest BCUT2D eigenvalue weighted by atomic mass is 10.2. The molecule has 1 saturated heterocycles. The third-order valence-electron chi connectivity index (χ3n) is 3.79. The number of aliphatic hydroxyl groups excluding tert-OH is 1. The fraction of sp³-hybridized carbons (Fsp3) is 0.467. The topological polar surface area (TPSA) is 87.7 Å². The molecule has 1 unspecified atom stereocenters. The van der Waals surface area contributed by atoms with Crippen molar-refractivity contribution in [2.45, 2.75) is 6.10 Å². The quantitative estimate of drug-likeness (QED) is 0.844. The number of ether oxygens (including phenoxy) is 2. The second-order valence-corrected chi connectivity index (χ2v) is 5.24. The van der Waals surface area contributed by atoms with Crippen LogP contribution in [-0.4, -0.2) is 59.9 Å². The van der Waals surface area contributed by atoms with Crippen LogP contribution in [0.2, 0.25) is 0 Å². The van der Waals surface area contributed by atoms with Gasteiger partial charge in [0.25, 0.3) is 5.56 Å². The molecule has 1 aliphatic rings. The Labute approximate surface area is 127 Å². The molecule has 1 atom stereocenters. The van der Waals surface area contributed by atoms with Crippen LogP contribution in [0.1, 0.15) is 11.9 Å². The van der Waals surface area contributed by atoms with Crippen LogP contribution in [-0.2, 0) is 4.74 Å². The highest BCUT2D eigenvalue weighted by Crippen LogP contribution is 2.22. The first-order valence-electron chi connectivity index (χ1n) is 7.24. The molecular formula is C15H19N3O4. The van der Waals surface area contributed by atoms with Crippen molar-refractivity contribution in [2.75, 3.05) is 40.0 Å². The number of hydrogen-bond donors (Lipinski definition) is 2. The van der Waals surface area contributed by atoms with Crippen molar-refractivity contribution in [3.05, 3.63) is 34.4 Å². The number of rotatable bonds is 4. The maximum atomic E-state index is 12.2. The average Bonchev–Trinajstić information content (AvgIpc) is 2.55. The highest BCUT2D eigenvalue weighted by Gasteiger charge is 2.19. The summed E-state index contributed by atoms with van der Waals surface area (Å²) in [5.74, 6) is 0.775. The van der Waals surface area contributed by atoms with E-state index in [1.54, 1.807) is 18.2 Å². The van der Waals surface area contributed by atoms with Crippen LogP contribution in [0.3, 0.4) is 0 Å². The predicted molar refractivity (Wildman–Crippen MR) is 81.1 cm³/mol. The summed E-state index contributed by atoms with van der Waals surface area (Å²) < 4.78 is 10.5. The first-order chi connectivity index (χ1) is 10.7. The summed E-state index contributed by atoms with van der Waals surface area (Å²) in [7, 11) is 1.53. The van der Waals surface area contributed by atoms with Gasteiger partial charge in [-0.3, -0.25) is 9.69 Å². The smallest absolute Gasteiger partial charge is 0.258 e. The summed E-state index contributed by atoms with van der Waals surface area (Å²) in [4.78, 5) is 21.3. The zero-order chi connectivity index (χ0) is 15.5. The zero-order valence-electron chi connectivity index (χ0n) is 12.4. The van der Waals surface area contributed by atoms with E-state index < -0.39 is 6.10 Å². The number of aromatic amines is 1. The molecule has 0 radical (unpaired) electrons. The molecule has 0 spiro atoms. The van der Waals surface area contributed by atoms with Crippen molar-refractivity contribution in [2.24, 2.45) is 0 Å². The van der Waals surface area contributed by atoms with Gasteiger partial charge in [0.1, 0.15) is 23.2 Å². The van der Waals surface area contributed by atoms with Crippen LogP contribution in [0, 0.1) is 0 Å². The Balaban J connectivity index is 1.91. The molecule has 3 rings (SSSR count). The van der Waals surface area contributed by atoms with E-state index in [2.05, 4.69) is 14.9 Å². The standard InChI is InChI=1S/C15H19N3O4/c1-21-12-4-2-3-10-13(12)16-14(17-15(10)20)11(19)9-18-5-7-22-8-6-18/h2-4,11,19H,5-9H2,1H3,(H,16,17,20). The van der Waals surface area contributed by atoms with Gasteiger partial charge in [0.15, 0.2) is 0 Å². The van der Waals surface area contributed by atoms with Gasteiger partial charge in [0.2, 0.25) is 0 Å². The number of H-pyrrole nitrogens is 1. The molecule has 2 heterocycles. The van der Waals surface area contributed by atoms with Crippen molar-refractivity contribution in [3.8, 4) is 5.75 Å². The molecule has 0 amide bonds. The Morgan fingerprint density at radius 3 is 2.95 bits per heavy atom.